The lowest BCUT2D eigenvalue weighted by molar-refractivity contribution is -0.142. The summed E-state index contributed by atoms with van der Waals surface area (Å²) in [4.78, 5) is 22.2. The molecule has 2 N–H and O–H groups in total. The van der Waals surface area contributed by atoms with Crippen molar-refractivity contribution in [3.8, 4) is 0 Å². The average molecular weight is 324 g/mol. The van der Waals surface area contributed by atoms with Gasteiger partial charge in [0.05, 0.1) is 7.11 Å². The van der Waals surface area contributed by atoms with E-state index in [4.69, 9.17) is 5.11 Å². The molecule has 0 amide bonds. The van der Waals surface area contributed by atoms with Crippen molar-refractivity contribution in [2.24, 2.45) is 0 Å². The average Bonchev–Trinajstić information content (AvgIpc) is 2.42. The van der Waals surface area contributed by atoms with E-state index >= 15 is 0 Å². The molecule has 0 heterocycles. The van der Waals surface area contributed by atoms with Crippen molar-refractivity contribution in [2.75, 3.05) is 20.2 Å². The van der Waals surface area contributed by atoms with E-state index in [1.165, 1.54) is 11.4 Å². The SMILES string of the molecule is CCCN(CCC)S(=O)(=O)N[C@H](CCC(=O)OC)C(=O)O. The second kappa shape index (κ2) is 9.69. The first-order valence-electron chi connectivity index (χ1n) is 6.85. The highest BCUT2D eigenvalue weighted by molar-refractivity contribution is 7.87. The van der Waals surface area contributed by atoms with E-state index in [1.807, 2.05) is 13.8 Å². The molecule has 9 heteroatoms. The summed E-state index contributed by atoms with van der Waals surface area (Å²) in [5.41, 5.74) is 0. The summed E-state index contributed by atoms with van der Waals surface area (Å²) in [6, 6.07) is -1.36. The van der Waals surface area contributed by atoms with Gasteiger partial charge in [0.2, 0.25) is 0 Å². The van der Waals surface area contributed by atoms with Gasteiger partial charge in [-0.25, -0.2) is 0 Å². The number of rotatable bonds is 11. The number of aliphatic carboxylic acids is 1. The van der Waals surface area contributed by atoms with Crippen molar-refractivity contribution in [1.29, 1.82) is 0 Å². The lowest BCUT2D eigenvalue weighted by atomic mass is 10.2. The van der Waals surface area contributed by atoms with Crippen LogP contribution >= 0.6 is 0 Å². The Hall–Kier alpha value is -1.19. The maximum atomic E-state index is 12.2. The molecule has 124 valence electrons. The van der Waals surface area contributed by atoms with Crippen LogP contribution in [-0.4, -0.2) is 56.0 Å². The first-order chi connectivity index (χ1) is 9.78. The fourth-order valence-corrected chi connectivity index (χ4v) is 3.28. The predicted molar refractivity (Wildman–Crippen MR) is 76.9 cm³/mol. The van der Waals surface area contributed by atoms with E-state index in [9.17, 15) is 18.0 Å². The van der Waals surface area contributed by atoms with Gasteiger partial charge in [-0.05, 0) is 19.3 Å². The molecule has 0 rings (SSSR count). The Kier molecular flexibility index (Phi) is 9.14. The minimum absolute atomic E-state index is 0.159. The molecule has 8 nitrogen and oxygen atoms in total. The summed E-state index contributed by atoms with van der Waals surface area (Å²) < 4.78 is 32.1. The number of hydrogen-bond donors (Lipinski definition) is 2. The van der Waals surface area contributed by atoms with E-state index in [-0.39, 0.29) is 12.8 Å². The molecule has 0 aromatic carbocycles. The van der Waals surface area contributed by atoms with Gasteiger partial charge in [0, 0.05) is 19.5 Å². The van der Waals surface area contributed by atoms with Gasteiger partial charge in [-0.2, -0.15) is 17.4 Å². The first kappa shape index (κ1) is 19.8. The number of ether oxygens (including phenoxy) is 1. The van der Waals surface area contributed by atoms with Crippen molar-refractivity contribution in [3.63, 3.8) is 0 Å². The molecular weight excluding hydrogens is 300 g/mol. The van der Waals surface area contributed by atoms with Crippen LogP contribution in [0.3, 0.4) is 0 Å². The van der Waals surface area contributed by atoms with Crippen LogP contribution in [0.1, 0.15) is 39.5 Å². The number of nitrogens with zero attached hydrogens (tertiary/aromatic N) is 1. The normalized spacial score (nSPS) is 13.1. The van der Waals surface area contributed by atoms with Crippen molar-refractivity contribution in [3.05, 3.63) is 0 Å². The fourth-order valence-electron chi connectivity index (χ4n) is 1.70. The zero-order valence-corrected chi connectivity index (χ0v) is 13.5. The van der Waals surface area contributed by atoms with Gasteiger partial charge in [0.15, 0.2) is 0 Å². The molecule has 21 heavy (non-hydrogen) atoms. The summed E-state index contributed by atoms with van der Waals surface area (Å²) >= 11 is 0. The number of carboxylic acids is 1. The molecular formula is C12H24N2O6S. The monoisotopic (exact) mass is 324 g/mol. The Morgan fingerprint density at radius 1 is 1.24 bits per heavy atom. The molecule has 0 aliphatic rings. The van der Waals surface area contributed by atoms with Crippen molar-refractivity contribution in [2.45, 2.75) is 45.6 Å². The molecule has 0 aliphatic carbocycles. The van der Waals surface area contributed by atoms with Crippen LogP contribution in [0.25, 0.3) is 0 Å². The number of carbonyl (C=O) groups excluding carboxylic acids is 1. The number of nitrogens with one attached hydrogen (secondary N) is 1. The lowest BCUT2D eigenvalue weighted by Crippen LogP contribution is -2.49. The minimum atomic E-state index is -3.90. The number of carboxylic acid groups (broad SMARTS) is 1. The van der Waals surface area contributed by atoms with Gasteiger partial charge >= 0.3 is 11.9 Å². The number of hydrogen-bond acceptors (Lipinski definition) is 5. The van der Waals surface area contributed by atoms with Crippen LogP contribution in [0.2, 0.25) is 0 Å². The third-order valence-electron chi connectivity index (χ3n) is 2.74. The second-order valence-corrected chi connectivity index (χ2v) is 6.23. The molecule has 0 aromatic rings. The summed E-state index contributed by atoms with van der Waals surface area (Å²) in [6.07, 6.45) is 0.923. The van der Waals surface area contributed by atoms with E-state index < -0.39 is 28.2 Å². The molecule has 0 spiro atoms. The van der Waals surface area contributed by atoms with E-state index in [2.05, 4.69) is 9.46 Å². The van der Waals surface area contributed by atoms with E-state index in [1.54, 1.807) is 0 Å². The summed E-state index contributed by atoms with van der Waals surface area (Å²) in [5.74, 6) is -1.91. The third-order valence-corrected chi connectivity index (χ3v) is 4.37. The van der Waals surface area contributed by atoms with Crippen LogP contribution < -0.4 is 4.72 Å². The molecule has 0 radical (unpaired) electrons. The molecule has 0 aromatic heterocycles. The predicted octanol–water partition coefficient (Wildman–Crippen LogP) is 0.349. The Morgan fingerprint density at radius 2 is 1.76 bits per heavy atom. The molecule has 0 saturated carbocycles. The number of esters is 1. The Bertz CT molecular complexity index is 431. The molecule has 0 saturated heterocycles. The van der Waals surface area contributed by atoms with Gasteiger partial charge < -0.3 is 9.84 Å². The zero-order chi connectivity index (χ0) is 16.5. The highest BCUT2D eigenvalue weighted by atomic mass is 32.2. The van der Waals surface area contributed by atoms with Crippen molar-refractivity contribution < 1.29 is 27.9 Å². The summed E-state index contributed by atoms with van der Waals surface area (Å²) in [7, 11) is -2.71. The first-order valence-corrected chi connectivity index (χ1v) is 8.29. The third kappa shape index (κ3) is 7.39. The van der Waals surface area contributed by atoms with Gasteiger partial charge in [-0.3, -0.25) is 9.59 Å². The Labute approximate surface area is 125 Å². The smallest absolute Gasteiger partial charge is 0.321 e. The van der Waals surface area contributed by atoms with Crippen molar-refractivity contribution >= 4 is 22.1 Å². The standard InChI is InChI=1S/C12H24N2O6S/c1-4-8-14(9-5-2)21(18,19)13-10(12(16)17)6-7-11(15)20-3/h10,13H,4-9H2,1-3H3,(H,16,17)/t10-/m1/s1. The topological polar surface area (TPSA) is 113 Å². The van der Waals surface area contributed by atoms with Crippen LogP contribution in [0.15, 0.2) is 0 Å². The fraction of sp³-hybridized carbons (Fsp3) is 0.833. The quantitative estimate of drug-likeness (QED) is 0.530. The number of methoxy groups -OCH3 is 1. The van der Waals surface area contributed by atoms with Crippen molar-refractivity contribution in [1.82, 2.24) is 9.03 Å². The highest BCUT2D eigenvalue weighted by Gasteiger charge is 2.28. The van der Waals surface area contributed by atoms with E-state index in [0.717, 1.165) is 0 Å². The molecule has 0 unspecified atom stereocenters. The van der Waals surface area contributed by atoms with Crippen LogP contribution in [0, 0.1) is 0 Å². The largest absolute Gasteiger partial charge is 0.480 e. The lowest BCUT2D eigenvalue weighted by Gasteiger charge is -2.23. The van der Waals surface area contributed by atoms with Crippen LogP contribution in [0.4, 0.5) is 0 Å². The van der Waals surface area contributed by atoms with Gasteiger partial charge in [-0.1, -0.05) is 13.8 Å². The highest BCUT2D eigenvalue weighted by Crippen LogP contribution is 2.06. The molecule has 0 aliphatic heterocycles. The molecule has 1 atom stereocenters. The van der Waals surface area contributed by atoms with Gasteiger partial charge in [0.25, 0.3) is 10.2 Å². The summed E-state index contributed by atoms with van der Waals surface area (Å²) in [5, 5.41) is 9.07. The summed E-state index contributed by atoms with van der Waals surface area (Å²) in [6.45, 7) is 4.30. The van der Waals surface area contributed by atoms with Crippen LogP contribution in [-0.2, 0) is 24.5 Å². The van der Waals surface area contributed by atoms with Gasteiger partial charge in [-0.15, -0.1) is 0 Å². The van der Waals surface area contributed by atoms with Gasteiger partial charge in [0.1, 0.15) is 6.04 Å². The maximum Gasteiger partial charge on any atom is 0.321 e. The van der Waals surface area contributed by atoms with Crippen LogP contribution in [0.5, 0.6) is 0 Å². The zero-order valence-electron chi connectivity index (χ0n) is 12.7. The Balaban J connectivity index is 4.87. The molecule has 0 bridgehead atoms. The van der Waals surface area contributed by atoms with E-state index in [0.29, 0.717) is 25.9 Å². The Morgan fingerprint density at radius 3 is 2.14 bits per heavy atom. The molecule has 0 fully saturated rings. The number of carbonyl (C=O) groups is 2. The minimum Gasteiger partial charge on any atom is -0.480 e. The second-order valence-electron chi connectivity index (χ2n) is 4.53. The maximum absolute atomic E-state index is 12.2.